The van der Waals surface area contributed by atoms with E-state index in [-0.39, 0.29) is 11.8 Å². The Balaban J connectivity index is 1.11. The molecule has 36 heavy (non-hydrogen) atoms. The van der Waals surface area contributed by atoms with E-state index in [4.69, 9.17) is 4.74 Å². The Hall–Kier alpha value is -4.06. The Morgan fingerprint density at radius 1 is 0.944 bits per heavy atom. The third-order valence-electron chi connectivity index (χ3n) is 7.43. The number of carbonyl (C=O) groups is 2. The molecule has 182 valence electrons. The van der Waals surface area contributed by atoms with Crippen LogP contribution in [0.5, 0.6) is 5.75 Å². The first-order valence-corrected chi connectivity index (χ1v) is 12.5. The first kappa shape index (κ1) is 22.4. The minimum absolute atomic E-state index is 0.115. The van der Waals surface area contributed by atoms with Crippen LogP contribution in [0.1, 0.15) is 45.5 Å². The number of carbonyl (C=O) groups excluding carboxylic acids is 2. The lowest BCUT2D eigenvalue weighted by molar-refractivity contribution is -0.126. The number of piperidine rings is 1. The summed E-state index contributed by atoms with van der Waals surface area (Å²) in [6, 6.07) is 22.2. The van der Waals surface area contributed by atoms with Crippen molar-refractivity contribution in [3.8, 4) is 5.75 Å². The molecule has 3 aliphatic heterocycles. The SMILES string of the molecule is C=C1CCC(N2Cc3c(OCc4ccc(CN5CCc6ccccc65)cc4)cccc3C2=O)C(=O)N1. The molecule has 1 fully saturated rings. The zero-order valence-electron chi connectivity index (χ0n) is 20.2. The van der Waals surface area contributed by atoms with Gasteiger partial charge in [-0.15, -0.1) is 0 Å². The van der Waals surface area contributed by atoms with E-state index in [9.17, 15) is 9.59 Å². The molecule has 1 saturated heterocycles. The molecule has 0 aromatic heterocycles. The Bertz CT molecular complexity index is 1350. The highest BCUT2D eigenvalue weighted by molar-refractivity contribution is 6.02. The predicted octanol–water partition coefficient (Wildman–Crippen LogP) is 4.58. The molecule has 3 heterocycles. The Morgan fingerprint density at radius 3 is 2.58 bits per heavy atom. The van der Waals surface area contributed by atoms with E-state index in [0.717, 1.165) is 30.6 Å². The molecule has 0 spiro atoms. The van der Waals surface area contributed by atoms with Crippen molar-refractivity contribution in [3.63, 3.8) is 0 Å². The summed E-state index contributed by atoms with van der Waals surface area (Å²) in [5, 5.41) is 2.79. The molecule has 6 heteroatoms. The van der Waals surface area contributed by atoms with E-state index in [1.54, 1.807) is 4.90 Å². The van der Waals surface area contributed by atoms with Gasteiger partial charge in [0.05, 0.1) is 6.54 Å². The number of rotatable bonds is 6. The zero-order chi connectivity index (χ0) is 24.6. The van der Waals surface area contributed by atoms with Gasteiger partial charge in [-0.05, 0) is 54.2 Å². The molecule has 0 bridgehead atoms. The van der Waals surface area contributed by atoms with Gasteiger partial charge in [0.15, 0.2) is 0 Å². The van der Waals surface area contributed by atoms with Gasteiger partial charge in [-0.3, -0.25) is 9.59 Å². The van der Waals surface area contributed by atoms with Crippen molar-refractivity contribution in [3.05, 3.63) is 107 Å². The molecule has 2 amide bonds. The Morgan fingerprint density at radius 2 is 1.75 bits per heavy atom. The lowest BCUT2D eigenvalue weighted by Gasteiger charge is -2.31. The summed E-state index contributed by atoms with van der Waals surface area (Å²) in [5.41, 5.74) is 7.28. The van der Waals surface area contributed by atoms with Crippen LogP contribution >= 0.6 is 0 Å². The average Bonchev–Trinajstić information content (AvgIpc) is 3.45. The van der Waals surface area contributed by atoms with Crippen LogP contribution in [-0.4, -0.2) is 29.3 Å². The minimum Gasteiger partial charge on any atom is -0.489 e. The second kappa shape index (κ2) is 9.19. The van der Waals surface area contributed by atoms with Crippen LogP contribution in [0.4, 0.5) is 5.69 Å². The summed E-state index contributed by atoms with van der Waals surface area (Å²) < 4.78 is 6.18. The maximum Gasteiger partial charge on any atom is 0.255 e. The van der Waals surface area contributed by atoms with Gasteiger partial charge < -0.3 is 19.9 Å². The smallest absolute Gasteiger partial charge is 0.255 e. The van der Waals surface area contributed by atoms with Crippen molar-refractivity contribution < 1.29 is 14.3 Å². The van der Waals surface area contributed by atoms with E-state index in [1.807, 2.05) is 18.2 Å². The Kier molecular flexibility index (Phi) is 5.72. The highest BCUT2D eigenvalue weighted by Gasteiger charge is 2.39. The summed E-state index contributed by atoms with van der Waals surface area (Å²) >= 11 is 0. The lowest BCUT2D eigenvalue weighted by Crippen LogP contribution is -2.49. The van der Waals surface area contributed by atoms with Crippen LogP contribution in [-0.2, 0) is 30.9 Å². The number of anilines is 1. The fourth-order valence-corrected chi connectivity index (χ4v) is 5.47. The lowest BCUT2D eigenvalue weighted by atomic mass is 10.0. The van der Waals surface area contributed by atoms with Crippen LogP contribution < -0.4 is 15.0 Å². The predicted molar refractivity (Wildman–Crippen MR) is 139 cm³/mol. The molecular formula is C30H29N3O3. The van der Waals surface area contributed by atoms with E-state index < -0.39 is 6.04 Å². The van der Waals surface area contributed by atoms with Gasteiger partial charge in [0, 0.05) is 35.6 Å². The van der Waals surface area contributed by atoms with Gasteiger partial charge in [-0.25, -0.2) is 0 Å². The van der Waals surface area contributed by atoms with Gasteiger partial charge >= 0.3 is 0 Å². The Labute approximate surface area is 211 Å². The number of para-hydroxylation sites is 1. The third kappa shape index (κ3) is 4.13. The van der Waals surface area contributed by atoms with Crippen molar-refractivity contribution in [1.82, 2.24) is 10.2 Å². The molecule has 3 aromatic carbocycles. The number of benzene rings is 3. The summed E-state index contributed by atoms with van der Waals surface area (Å²) in [5.74, 6) is 0.421. The number of allylic oxidation sites excluding steroid dienone is 1. The number of hydrogen-bond donors (Lipinski definition) is 1. The average molecular weight is 480 g/mol. The van der Waals surface area contributed by atoms with E-state index >= 15 is 0 Å². The summed E-state index contributed by atoms with van der Waals surface area (Å²) in [6.45, 7) is 6.58. The van der Waals surface area contributed by atoms with Gasteiger partial charge in [-0.1, -0.05) is 55.1 Å². The van der Waals surface area contributed by atoms with Gasteiger partial charge in [-0.2, -0.15) is 0 Å². The summed E-state index contributed by atoms with van der Waals surface area (Å²) in [6.07, 6.45) is 2.38. The van der Waals surface area contributed by atoms with Crippen LogP contribution in [0.25, 0.3) is 0 Å². The highest BCUT2D eigenvalue weighted by atomic mass is 16.5. The van der Waals surface area contributed by atoms with E-state index in [2.05, 4.69) is 65.3 Å². The maximum absolute atomic E-state index is 13.1. The number of amides is 2. The first-order chi connectivity index (χ1) is 17.6. The number of ether oxygens (including phenoxy) is 1. The highest BCUT2D eigenvalue weighted by Crippen LogP contribution is 2.34. The maximum atomic E-state index is 13.1. The quantitative estimate of drug-likeness (QED) is 0.562. The molecule has 3 aliphatic rings. The molecule has 6 rings (SSSR count). The van der Waals surface area contributed by atoms with Gasteiger partial charge in [0.25, 0.3) is 5.91 Å². The molecule has 1 N–H and O–H groups in total. The molecule has 1 unspecified atom stereocenters. The van der Waals surface area contributed by atoms with Crippen molar-refractivity contribution in [2.24, 2.45) is 0 Å². The fraction of sp³-hybridized carbons (Fsp3) is 0.267. The normalized spacial score (nSPS) is 18.8. The van der Waals surface area contributed by atoms with E-state index in [1.165, 1.54) is 16.8 Å². The second-order valence-electron chi connectivity index (χ2n) is 9.77. The topological polar surface area (TPSA) is 61.9 Å². The van der Waals surface area contributed by atoms with Crippen LogP contribution in [0, 0.1) is 0 Å². The monoisotopic (exact) mass is 479 g/mol. The van der Waals surface area contributed by atoms with Crippen LogP contribution in [0.2, 0.25) is 0 Å². The molecule has 0 aliphatic carbocycles. The third-order valence-corrected chi connectivity index (χ3v) is 7.43. The minimum atomic E-state index is -0.474. The number of nitrogens with zero attached hydrogens (tertiary/aromatic N) is 2. The van der Waals surface area contributed by atoms with Gasteiger partial charge in [0.1, 0.15) is 18.4 Å². The van der Waals surface area contributed by atoms with Crippen molar-refractivity contribution in [1.29, 1.82) is 0 Å². The second-order valence-corrected chi connectivity index (χ2v) is 9.77. The number of fused-ring (bicyclic) bond motifs is 2. The van der Waals surface area contributed by atoms with Crippen LogP contribution in [0.3, 0.4) is 0 Å². The fourth-order valence-electron chi connectivity index (χ4n) is 5.47. The first-order valence-electron chi connectivity index (χ1n) is 12.5. The van der Waals surface area contributed by atoms with Crippen LogP contribution in [0.15, 0.2) is 79.0 Å². The molecule has 0 saturated carbocycles. The van der Waals surface area contributed by atoms with Crippen molar-refractivity contribution in [2.75, 3.05) is 11.4 Å². The van der Waals surface area contributed by atoms with Crippen molar-refractivity contribution in [2.45, 2.75) is 45.0 Å². The molecule has 3 aromatic rings. The summed E-state index contributed by atoms with van der Waals surface area (Å²) in [7, 11) is 0. The van der Waals surface area contributed by atoms with Crippen molar-refractivity contribution >= 4 is 17.5 Å². The summed E-state index contributed by atoms with van der Waals surface area (Å²) in [4.78, 5) is 29.6. The molecule has 1 atom stereocenters. The standard InChI is InChI=1S/C30H29N3O3/c1-20-9-14-27(29(34)31-20)33-18-25-24(30(33)35)6-4-8-28(25)36-19-22-12-10-21(11-13-22)17-32-16-15-23-5-2-3-7-26(23)32/h2-8,10-13,27H,1,9,14-19H2,(H,31,34). The largest absolute Gasteiger partial charge is 0.489 e. The molecule has 6 nitrogen and oxygen atoms in total. The van der Waals surface area contributed by atoms with Gasteiger partial charge in [0.2, 0.25) is 5.91 Å². The number of nitrogens with one attached hydrogen (secondary N) is 1. The number of hydrogen-bond acceptors (Lipinski definition) is 4. The molecular weight excluding hydrogens is 450 g/mol. The zero-order valence-corrected chi connectivity index (χ0v) is 20.2. The molecule has 0 radical (unpaired) electrons. The van der Waals surface area contributed by atoms with E-state index in [0.29, 0.717) is 43.0 Å².